The Kier molecular flexibility index (Phi) is 6.68. The van der Waals surface area contributed by atoms with Crippen LogP contribution in [-0.4, -0.2) is 82.6 Å². The molecule has 3 amide bonds. The summed E-state index contributed by atoms with van der Waals surface area (Å²) in [6.07, 6.45) is 0.970. The van der Waals surface area contributed by atoms with E-state index in [4.69, 9.17) is 21.1 Å². The number of benzene rings is 1. The third-order valence-corrected chi connectivity index (χ3v) is 6.83. The molecule has 1 atom stereocenters. The maximum Gasteiger partial charge on any atom is 0.410 e. The van der Waals surface area contributed by atoms with Gasteiger partial charge in [0.1, 0.15) is 22.7 Å². The number of ether oxygens (including phenoxy) is 2. The van der Waals surface area contributed by atoms with E-state index in [1.807, 2.05) is 32.9 Å². The first-order chi connectivity index (χ1) is 18.0. The van der Waals surface area contributed by atoms with Crippen LogP contribution in [0.1, 0.15) is 36.8 Å². The molecule has 2 aliphatic rings. The molecule has 4 heterocycles. The van der Waals surface area contributed by atoms with E-state index in [1.54, 1.807) is 35.2 Å². The molecule has 0 spiro atoms. The van der Waals surface area contributed by atoms with Crippen molar-refractivity contribution in [3.8, 4) is 16.9 Å². The van der Waals surface area contributed by atoms with Crippen molar-refractivity contribution in [1.29, 1.82) is 0 Å². The van der Waals surface area contributed by atoms with Crippen LogP contribution in [0.4, 0.5) is 4.79 Å². The lowest BCUT2D eigenvalue weighted by Gasteiger charge is -2.36. The van der Waals surface area contributed by atoms with E-state index in [1.165, 1.54) is 0 Å². The number of aromatic nitrogens is 2. The van der Waals surface area contributed by atoms with Gasteiger partial charge >= 0.3 is 6.09 Å². The van der Waals surface area contributed by atoms with Gasteiger partial charge in [-0.3, -0.25) is 9.59 Å². The highest BCUT2D eigenvalue weighted by Crippen LogP contribution is 2.43. The van der Waals surface area contributed by atoms with Gasteiger partial charge in [-0.15, -0.1) is 0 Å². The highest BCUT2D eigenvalue weighted by molar-refractivity contribution is 6.31. The lowest BCUT2D eigenvalue weighted by molar-refractivity contribution is -0.139. The topological polar surface area (TPSA) is 117 Å². The summed E-state index contributed by atoms with van der Waals surface area (Å²) >= 11 is 6.49. The SMILES string of the molecule is CNC(=O)c1cc2c(-c3cc(Cl)cc4c3OC(C(=O)N3CCN(C(=O)OC(C)(C)C)CC3)C4)ccnc2[nH]1. The van der Waals surface area contributed by atoms with Crippen LogP contribution in [0.2, 0.25) is 5.02 Å². The Balaban J connectivity index is 1.35. The van der Waals surface area contributed by atoms with Gasteiger partial charge in [0, 0.05) is 67.4 Å². The van der Waals surface area contributed by atoms with Crippen molar-refractivity contribution in [2.24, 2.45) is 0 Å². The van der Waals surface area contributed by atoms with Gasteiger partial charge in [0.25, 0.3) is 11.8 Å². The molecule has 2 N–H and O–H groups in total. The lowest BCUT2D eigenvalue weighted by Crippen LogP contribution is -2.54. The van der Waals surface area contributed by atoms with Gasteiger partial charge < -0.3 is 29.6 Å². The minimum atomic E-state index is -0.694. The normalized spacial score (nSPS) is 17.2. The second kappa shape index (κ2) is 9.83. The van der Waals surface area contributed by atoms with Crippen LogP contribution in [0.3, 0.4) is 0 Å². The average molecular weight is 540 g/mol. The number of hydrogen-bond acceptors (Lipinski definition) is 6. The van der Waals surface area contributed by atoms with Crippen molar-refractivity contribution in [2.75, 3.05) is 33.2 Å². The van der Waals surface area contributed by atoms with E-state index >= 15 is 0 Å². The van der Waals surface area contributed by atoms with Gasteiger partial charge in [-0.25, -0.2) is 9.78 Å². The highest BCUT2D eigenvalue weighted by Gasteiger charge is 2.37. The smallest absolute Gasteiger partial charge is 0.410 e. The van der Waals surface area contributed by atoms with Crippen molar-refractivity contribution in [3.63, 3.8) is 0 Å². The molecule has 5 rings (SSSR count). The summed E-state index contributed by atoms with van der Waals surface area (Å²) in [5, 5.41) is 3.87. The third kappa shape index (κ3) is 5.00. The van der Waals surface area contributed by atoms with Crippen molar-refractivity contribution >= 4 is 40.5 Å². The van der Waals surface area contributed by atoms with E-state index in [9.17, 15) is 14.4 Å². The molecule has 2 aromatic heterocycles. The largest absolute Gasteiger partial charge is 0.479 e. The zero-order valence-electron chi connectivity index (χ0n) is 21.8. The molecule has 0 saturated carbocycles. The maximum absolute atomic E-state index is 13.4. The van der Waals surface area contributed by atoms with E-state index in [0.717, 1.165) is 22.1 Å². The zero-order valence-corrected chi connectivity index (χ0v) is 22.5. The molecule has 1 fully saturated rings. The Labute approximate surface area is 225 Å². The number of fused-ring (bicyclic) bond motifs is 2. The van der Waals surface area contributed by atoms with Crippen LogP contribution in [-0.2, 0) is 16.0 Å². The molecule has 0 bridgehead atoms. The molecule has 11 heteroatoms. The van der Waals surface area contributed by atoms with Crippen LogP contribution in [0, 0.1) is 0 Å². The van der Waals surface area contributed by atoms with Crippen LogP contribution >= 0.6 is 11.6 Å². The van der Waals surface area contributed by atoms with Gasteiger partial charge in [-0.2, -0.15) is 0 Å². The minimum absolute atomic E-state index is 0.129. The van der Waals surface area contributed by atoms with Crippen molar-refractivity contribution in [1.82, 2.24) is 25.1 Å². The Bertz CT molecular complexity index is 1420. The number of aromatic amines is 1. The molecule has 10 nitrogen and oxygen atoms in total. The number of pyridine rings is 1. The fourth-order valence-electron chi connectivity index (χ4n) is 4.82. The van der Waals surface area contributed by atoms with Crippen LogP contribution < -0.4 is 10.1 Å². The Morgan fingerprint density at radius 2 is 1.82 bits per heavy atom. The number of nitrogens with zero attached hydrogens (tertiary/aromatic N) is 3. The van der Waals surface area contributed by atoms with Gasteiger partial charge in [0.05, 0.1) is 0 Å². The summed E-state index contributed by atoms with van der Waals surface area (Å²) in [6.45, 7) is 7.08. The fourth-order valence-corrected chi connectivity index (χ4v) is 5.06. The third-order valence-electron chi connectivity index (χ3n) is 6.61. The molecular weight excluding hydrogens is 510 g/mol. The summed E-state index contributed by atoms with van der Waals surface area (Å²) in [4.78, 5) is 48.7. The molecular formula is C27H30ClN5O5. The molecule has 1 aromatic carbocycles. The number of hydrogen-bond donors (Lipinski definition) is 2. The molecule has 3 aromatic rings. The lowest BCUT2D eigenvalue weighted by atomic mass is 9.99. The summed E-state index contributed by atoms with van der Waals surface area (Å²) in [6, 6.07) is 7.20. The Morgan fingerprint density at radius 3 is 2.50 bits per heavy atom. The van der Waals surface area contributed by atoms with Gasteiger partial charge in [-0.05, 0) is 50.6 Å². The second-order valence-electron chi connectivity index (χ2n) is 10.4. The number of amides is 3. The van der Waals surface area contributed by atoms with E-state index < -0.39 is 11.7 Å². The summed E-state index contributed by atoms with van der Waals surface area (Å²) in [5.74, 6) is 0.213. The first-order valence-electron chi connectivity index (χ1n) is 12.5. The Morgan fingerprint density at radius 1 is 1.11 bits per heavy atom. The number of H-pyrrole nitrogens is 1. The average Bonchev–Trinajstić information content (AvgIpc) is 3.51. The number of carbonyl (C=O) groups excluding carboxylic acids is 3. The van der Waals surface area contributed by atoms with Crippen molar-refractivity contribution in [3.05, 3.63) is 46.7 Å². The maximum atomic E-state index is 13.4. The number of rotatable bonds is 3. The standard InChI is InChI=1S/C27H30ClN5O5/c1-27(2,3)38-26(36)33-9-7-32(8-10-33)25(35)21-12-15-11-16(28)13-18(22(15)37-21)17-5-6-30-23-19(17)14-20(31-23)24(34)29-4/h5-6,11,13-14,21H,7-10,12H2,1-4H3,(H,29,34)(H,30,31). The monoisotopic (exact) mass is 539 g/mol. The molecule has 38 heavy (non-hydrogen) atoms. The molecule has 0 radical (unpaired) electrons. The number of piperazine rings is 1. The van der Waals surface area contributed by atoms with Gasteiger partial charge in [-0.1, -0.05) is 11.6 Å². The van der Waals surface area contributed by atoms with Gasteiger partial charge in [0.15, 0.2) is 6.10 Å². The molecule has 1 unspecified atom stereocenters. The first kappa shape index (κ1) is 25.8. The number of nitrogens with one attached hydrogen (secondary N) is 2. The predicted octanol–water partition coefficient (Wildman–Crippen LogP) is 3.63. The second-order valence-corrected chi connectivity index (χ2v) is 10.9. The zero-order chi connectivity index (χ0) is 27.2. The van der Waals surface area contributed by atoms with E-state index in [-0.39, 0.29) is 17.9 Å². The van der Waals surface area contributed by atoms with Gasteiger partial charge in [0.2, 0.25) is 0 Å². The van der Waals surface area contributed by atoms with Crippen LogP contribution in [0.25, 0.3) is 22.2 Å². The Hall–Kier alpha value is -3.79. The van der Waals surface area contributed by atoms with Crippen LogP contribution in [0.5, 0.6) is 5.75 Å². The van der Waals surface area contributed by atoms with E-state index in [0.29, 0.717) is 54.7 Å². The molecule has 1 saturated heterocycles. The highest BCUT2D eigenvalue weighted by atomic mass is 35.5. The van der Waals surface area contributed by atoms with Crippen LogP contribution in [0.15, 0.2) is 30.5 Å². The molecule has 0 aliphatic carbocycles. The predicted molar refractivity (Wildman–Crippen MR) is 142 cm³/mol. The number of carbonyl (C=O) groups is 3. The first-order valence-corrected chi connectivity index (χ1v) is 12.9. The van der Waals surface area contributed by atoms with E-state index in [2.05, 4.69) is 15.3 Å². The quantitative estimate of drug-likeness (QED) is 0.525. The van der Waals surface area contributed by atoms with Crippen molar-refractivity contribution in [2.45, 2.75) is 38.9 Å². The summed E-state index contributed by atoms with van der Waals surface area (Å²) in [5.41, 5.74) is 2.73. The minimum Gasteiger partial charge on any atom is -0.479 e. The number of halogens is 1. The molecule has 200 valence electrons. The fraction of sp³-hybridized carbons (Fsp3) is 0.407. The van der Waals surface area contributed by atoms with Crippen molar-refractivity contribution < 1.29 is 23.9 Å². The molecule has 2 aliphatic heterocycles. The summed E-state index contributed by atoms with van der Waals surface area (Å²) in [7, 11) is 1.56. The summed E-state index contributed by atoms with van der Waals surface area (Å²) < 4.78 is 11.7.